The third-order valence-electron chi connectivity index (χ3n) is 7.51. The van der Waals surface area contributed by atoms with Gasteiger partial charge in [0.15, 0.2) is 12.1 Å². The molecule has 43 heavy (non-hydrogen) atoms. The first-order valence-electron chi connectivity index (χ1n) is 13.3. The Hall–Kier alpha value is -3.51. The molecule has 2 fully saturated rings. The molecule has 0 bridgehead atoms. The Morgan fingerprint density at radius 1 is 0.791 bits per heavy atom. The van der Waals surface area contributed by atoms with Gasteiger partial charge in [0.25, 0.3) is 0 Å². The number of aromatic hydroxyl groups is 3. The first-order valence-corrected chi connectivity index (χ1v) is 13.3. The highest BCUT2D eigenvalue weighted by atomic mass is 16.7. The number of aliphatic hydroxyl groups is 6. The molecule has 9 N–H and O–H groups in total. The Morgan fingerprint density at radius 3 is 2.16 bits per heavy atom. The molecule has 1 aromatic heterocycles. The SMILES string of the molecule is Cc1cc(-c2oc3cc(O)cc(O)c3c(=O)c2O[C@@H]2OC(CO[C@@H]3OC(C)[C@H](O)[C@H](O)C3O)[C@@H](O)[C@@H](O)C2O)ccc1O. The lowest BCUT2D eigenvalue weighted by Crippen LogP contribution is -2.61. The predicted molar refractivity (Wildman–Crippen MR) is 143 cm³/mol. The van der Waals surface area contributed by atoms with Crippen LogP contribution in [0.4, 0.5) is 0 Å². The third kappa shape index (κ3) is 5.74. The molecule has 0 radical (unpaired) electrons. The van der Waals surface area contributed by atoms with Gasteiger partial charge >= 0.3 is 0 Å². The molecule has 0 aliphatic carbocycles. The van der Waals surface area contributed by atoms with Crippen molar-refractivity contribution in [3.05, 3.63) is 46.1 Å². The zero-order chi connectivity index (χ0) is 31.3. The minimum absolute atomic E-state index is 0.0564. The Balaban J connectivity index is 1.48. The molecule has 3 heterocycles. The standard InChI is InChI=1S/C28H32O15/c1-9-5-11(3-4-13(9)30)25-26(20(34)17-14(31)6-12(29)7-15(17)41-25)43-28-24(38)22(36)19(33)16(42-28)8-39-27-23(37)21(35)18(32)10(2)40-27/h3-7,10,16,18-19,21-24,27-33,35-38H,8H2,1-2H3/t10?,16?,18-,19+,21-,22+,23?,24?,27+,28-/m0/s1. The summed E-state index contributed by atoms with van der Waals surface area (Å²) in [5.74, 6) is -1.91. The number of hydrogen-bond acceptors (Lipinski definition) is 15. The largest absolute Gasteiger partial charge is 0.508 e. The number of aryl methyl sites for hydroxylation is 1. The maximum Gasteiger partial charge on any atom is 0.239 e. The van der Waals surface area contributed by atoms with Crippen molar-refractivity contribution in [2.45, 2.75) is 75.3 Å². The first-order chi connectivity index (χ1) is 20.3. The average molecular weight is 609 g/mol. The molecule has 10 atom stereocenters. The lowest BCUT2D eigenvalue weighted by Gasteiger charge is -2.42. The number of ether oxygens (including phenoxy) is 4. The van der Waals surface area contributed by atoms with Crippen molar-refractivity contribution in [1.82, 2.24) is 0 Å². The van der Waals surface area contributed by atoms with Crippen LogP contribution in [0.5, 0.6) is 23.0 Å². The molecule has 3 aromatic rings. The molecule has 0 saturated carbocycles. The van der Waals surface area contributed by atoms with E-state index in [-0.39, 0.29) is 28.0 Å². The summed E-state index contributed by atoms with van der Waals surface area (Å²) < 4.78 is 28.1. The Morgan fingerprint density at radius 2 is 1.47 bits per heavy atom. The summed E-state index contributed by atoms with van der Waals surface area (Å²) in [6, 6.07) is 6.19. The molecule has 2 aliphatic heterocycles. The molecule has 4 unspecified atom stereocenters. The quantitative estimate of drug-likeness (QED) is 0.161. The van der Waals surface area contributed by atoms with Crippen molar-refractivity contribution in [2.75, 3.05) is 6.61 Å². The van der Waals surface area contributed by atoms with Gasteiger partial charge in [-0.2, -0.15) is 0 Å². The molecule has 0 amide bonds. The van der Waals surface area contributed by atoms with Gasteiger partial charge in [-0.3, -0.25) is 4.79 Å². The van der Waals surface area contributed by atoms with Gasteiger partial charge in [-0.15, -0.1) is 0 Å². The van der Waals surface area contributed by atoms with Crippen LogP contribution in [0.1, 0.15) is 12.5 Å². The number of benzene rings is 2. The number of phenolic OH excluding ortho intramolecular Hbond substituents is 3. The number of fused-ring (bicyclic) bond motifs is 1. The van der Waals surface area contributed by atoms with E-state index in [4.69, 9.17) is 23.4 Å². The van der Waals surface area contributed by atoms with Crippen LogP contribution in [0.3, 0.4) is 0 Å². The summed E-state index contributed by atoms with van der Waals surface area (Å²) in [6.07, 6.45) is -15.8. The zero-order valence-corrected chi connectivity index (χ0v) is 22.8. The molecule has 5 rings (SSSR count). The van der Waals surface area contributed by atoms with Crippen LogP contribution in [0, 0.1) is 6.92 Å². The highest BCUT2D eigenvalue weighted by molar-refractivity contribution is 5.88. The van der Waals surface area contributed by atoms with E-state index in [0.717, 1.165) is 12.1 Å². The zero-order valence-electron chi connectivity index (χ0n) is 22.8. The Kier molecular flexibility index (Phi) is 8.54. The number of hydrogen-bond donors (Lipinski definition) is 9. The normalized spacial score (nSPS) is 33.0. The van der Waals surface area contributed by atoms with Gasteiger partial charge in [0.1, 0.15) is 70.9 Å². The summed E-state index contributed by atoms with van der Waals surface area (Å²) in [5, 5.41) is 91.9. The molecule has 2 saturated heterocycles. The van der Waals surface area contributed by atoms with Crippen LogP contribution in [0.25, 0.3) is 22.3 Å². The topological polar surface area (TPSA) is 249 Å². The number of aliphatic hydroxyl groups excluding tert-OH is 6. The fourth-order valence-electron chi connectivity index (χ4n) is 4.97. The van der Waals surface area contributed by atoms with Gasteiger partial charge in [0.2, 0.25) is 17.5 Å². The fraction of sp³-hybridized carbons (Fsp3) is 0.464. The van der Waals surface area contributed by atoms with Crippen molar-refractivity contribution in [3.63, 3.8) is 0 Å². The number of rotatable bonds is 6. The Labute approximate surface area is 242 Å². The minimum Gasteiger partial charge on any atom is -0.508 e. The summed E-state index contributed by atoms with van der Waals surface area (Å²) in [4.78, 5) is 13.6. The second-order valence-corrected chi connectivity index (χ2v) is 10.6. The van der Waals surface area contributed by atoms with Crippen LogP contribution in [-0.4, -0.2) is 114 Å². The van der Waals surface area contributed by atoms with Crippen molar-refractivity contribution < 1.29 is 69.3 Å². The maximum atomic E-state index is 13.6. The minimum atomic E-state index is -1.92. The fourth-order valence-corrected chi connectivity index (χ4v) is 4.97. The molecule has 15 heteroatoms. The molecule has 15 nitrogen and oxygen atoms in total. The highest BCUT2D eigenvalue weighted by Gasteiger charge is 2.47. The van der Waals surface area contributed by atoms with Crippen LogP contribution in [-0.2, 0) is 14.2 Å². The van der Waals surface area contributed by atoms with Crippen LogP contribution in [0.2, 0.25) is 0 Å². The van der Waals surface area contributed by atoms with E-state index in [1.807, 2.05) is 0 Å². The molecule has 2 aliphatic rings. The molecule has 0 spiro atoms. The summed E-state index contributed by atoms with van der Waals surface area (Å²) >= 11 is 0. The van der Waals surface area contributed by atoms with E-state index in [9.17, 15) is 50.8 Å². The van der Waals surface area contributed by atoms with Gasteiger partial charge in [-0.1, -0.05) is 0 Å². The van der Waals surface area contributed by atoms with Crippen LogP contribution < -0.4 is 10.2 Å². The lowest BCUT2D eigenvalue weighted by atomic mass is 9.98. The summed E-state index contributed by atoms with van der Waals surface area (Å²) in [6.45, 7) is 2.45. The monoisotopic (exact) mass is 608 g/mol. The number of phenols is 3. The van der Waals surface area contributed by atoms with Crippen molar-refractivity contribution in [2.24, 2.45) is 0 Å². The van der Waals surface area contributed by atoms with Crippen molar-refractivity contribution >= 4 is 11.0 Å². The highest BCUT2D eigenvalue weighted by Crippen LogP contribution is 2.38. The van der Waals surface area contributed by atoms with E-state index in [2.05, 4.69) is 0 Å². The summed E-state index contributed by atoms with van der Waals surface area (Å²) in [7, 11) is 0. The van der Waals surface area contributed by atoms with Gasteiger partial charge < -0.3 is 69.3 Å². The first kappa shape index (κ1) is 30.9. The smallest absolute Gasteiger partial charge is 0.239 e. The molecule has 234 valence electrons. The maximum absolute atomic E-state index is 13.6. The second kappa shape index (κ2) is 11.9. The van der Waals surface area contributed by atoms with Gasteiger partial charge in [0.05, 0.1) is 12.7 Å². The van der Waals surface area contributed by atoms with E-state index in [1.165, 1.54) is 25.1 Å². The van der Waals surface area contributed by atoms with Crippen LogP contribution >= 0.6 is 0 Å². The Bertz CT molecular complexity index is 1540. The van der Waals surface area contributed by atoms with Gasteiger partial charge in [-0.25, -0.2) is 0 Å². The van der Waals surface area contributed by atoms with Crippen molar-refractivity contribution in [1.29, 1.82) is 0 Å². The molecular weight excluding hydrogens is 576 g/mol. The second-order valence-electron chi connectivity index (χ2n) is 10.6. The van der Waals surface area contributed by atoms with Gasteiger partial charge in [0, 0.05) is 17.7 Å². The molecule has 2 aromatic carbocycles. The van der Waals surface area contributed by atoms with Gasteiger partial charge in [-0.05, 0) is 37.6 Å². The predicted octanol–water partition coefficient (Wildman–Crippen LogP) is -1.08. The van der Waals surface area contributed by atoms with E-state index in [1.54, 1.807) is 6.92 Å². The van der Waals surface area contributed by atoms with Crippen LogP contribution in [0.15, 0.2) is 39.5 Å². The summed E-state index contributed by atoms with van der Waals surface area (Å²) in [5.41, 5.74) is -0.538. The molecular formula is C28H32O15. The van der Waals surface area contributed by atoms with E-state index < -0.39 is 90.7 Å². The van der Waals surface area contributed by atoms with E-state index >= 15 is 0 Å². The van der Waals surface area contributed by atoms with Crippen molar-refractivity contribution in [3.8, 4) is 34.3 Å². The van der Waals surface area contributed by atoms with E-state index in [0.29, 0.717) is 5.56 Å². The average Bonchev–Trinajstić information content (AvgIpc) is 2.96. The third-order valence-corrected chi connectivity index (χ3v) is 7.51. The lowest BCUT2D eigenvalue weighted by molar-refractivity contribution is -0.318.